The zero-order chi connectivity index (χ0) is 14.9. The first-order valence-electron chi connectivity index (χ1n) is 6.32. The van der Waals surface area contributed by atoms with Gasteiger partial charge in [0.05, 0.1) is 11.3 Å². The maximum absolute atomic E-state index is 11.9. The summed E-state index contributed by atoms with van der Waals surface area (Å²) in [5.74, 6) is 0. The molecule has 0 saturated heterocycles. The van der Waals surface area contributed by atoms with Crippen LogP contribution in [0.5, 0.6) is 0 Å². The minimum absolute atomic E-state index is 0.227. The summed E-state index contributed by atoms with van der Waals surface area (Å²) >= 11 is 3.39. The normalized spacial score (nSPS) is 11.4. The third kappa shape index (κ3) is 3.48. The Hall–Kier alpha value is -1.62. The molecule has 1 aromatic heterocycles. The van der Waals surface area contributed by atoms with Gasteiger partial charge in [0.2, 0.25) is 0 Å². The van der Waals surface area contributed by atoms with Crippen molar-refractivity contribution in [2.75, 3.05) is 5.32 Å². The summed E-state index contributed by atoms with van der Waals surface area (Å²) in [5, 5.41) is 3.08. The fraction of sp³-hybridized carbons (Fsp3) is 0.333. The van der Waals surface area contributed by atoms with Crippen molar-refractivity contribution in [3.8, 4) is 11.3 Å². The zero-order valence-electron chi connectivity index (χ0n) is 12.0. The van der Waals surface area contributed by atoms with Crippen molar-refractivity contribution < 1.29 is 4.42 Å². The van der Waals surface area contributed by atoms with Crippen LogP contribution in [-0.2, 0) is 0 Å². The standard InChI is InChI=1S/C15H17BrN2O2/c1-9-12(10-5-7-11(16)8-6-10)17-14(20-13(9)19)18-15(2,3)4/h5-8H,1-4H3,(H,17,18). The van der Waals surface area contributed by atoms with Gasteiger partial charge in [-0.2, -0.15) is 4.98 Å². The van der Waals surface area contributed by atoms with Crippen molar-refractivity contribution in [1.82, 2.24) is 4.98 Å². The van der Waals surface area contributed by atoms with Gasteiger partial charge >= 0.3 is 5.63 Å². The molecule has 20 heavy (non-hydrogen) atoms. The summed E-state index contributed by atoms with van der Waals surface area (Å²) < 4.78 is 6.16. The van der Waals surface area contributed by atoms with E-state index in [2.05, 4.69) is 26.2 Å². The van der Waals surface area contributed by atoms with E-state index < -0.39 is 0 Å². The molecule has 0 fully saturated rings. The number of nitrogens with one attached hydrogen (secondary N) is 1. The molecule has 1 N–H and O–H groups in total. The number of nitrogens with zero attached hydrogens (tertiary/aromatic N) is 1. The van der Waals surface area contributed by atoms with Gasteiger partial charge in [0.25, 0.3) is 6.01 Å². The molecule has 5 heteroatoms. The molecule has 0 amide bonds. The van der Waals surface area contributed by atoms with E-state index in [4.69, 9.17) is 4.42 Å². The lowest BCUT2D eigenvalue weighted by molar-refractivity contribution is 0.478. The van der Waals surface area contributed by atoms with Gasteiger partial charge in [0.1, 0.15) is 0 Å². The number of benzene rings is 1. The lowest BCUT2D eigenvalue weighted by Crippen LogP contribution is -2.27. The van der Waals surface area contributed by atoms with Crippen LogP contribution in [0.4, 0.5) is 6.01 Å². The Kier molecular flexibility index (Phi) is 3.99. The number of halogens is 1. The van der Waals surface area contributed by atoms with Crippen molar-refractivity contribution in [3.63, 3.8) is 0 Å². The Balaban J connectivity index is 2.52. The van der Waals surface area contributed by atoms with Gasteiger partial charge in [-0.3, -0.25) is 0 Å². The minimum atomic E-state index is -0.371. The van der Waals surface area contributed by atoms with Crippen LogP contribution < -0.4 is 10.9 Å². The Morgan fingerprint density at radius 1 is 1.20 bits per heavy atom. The lowest BCUT2D eigenvalue weighted by Gasteiger charge is -2.20. The first-order valence-corrected chi connectivity index (χ1v) is 7.11. The zero-order valence-corrected chi connectivity index (χ0v) is 13.5. The predicted molar refractivity (Wildman–Crippen MR) is 84.0 cm³/mol. The summed E-state index contributed by atoms with van der Waals surface area (Å²) in [4.78, 5) is 16.4. The summed E-state index contributed by atoms with van der Waals surface area (Å²) in [5.41, 5.74) is 1.43. The molecule has 0 aliphatic carbocycles. The van der Waals surface area contributed by atoms with Gasteiger partial charge in [-0.05, 0) is 39.8 Å². The topological polar surface area (TPSA) is 55.1 Å². The second kappa shape index (κ2) is 5.40. The molecule has 0 spiro atoms. The summed E-state index contributed by atoms with van der Waals surface area (Å²) in [6.45, 7) is 7.66. The number of rotatable bonds is 2. The Morgan fingerprint density at radius 2 is 1.80 bits per heavy atom. The van der Waals surface area contributed by atoms with Crippen LogP contribution in [0.25, 0.3) is 11.3 Å². The molecule has 2 rings (SSSR count). The first-order chi connectivity index (χ1) is 9.26. The highest BCUT2D eigenvalue weighted by Crippen LogP contribution is 2.23. The van der Waals surface area contributed by atoms with E-state index >= 15 is 0 Å². The molecule has 0 aliphatic rings. The van der Waals surface area contributed by atoms with Gasteiger partial charge in [-0.1, -0.05) is 28.1 Å². The average Bonchev–Trinajstić information content (AvgIpc) is 2.33. The largest absolute Gasteiger partial charge is 0.389 e. The molecule has 106 valence electrons. The van der Waals surface area contributed by atoms with Crippen LogP contribution in [0.2, 0.25) is 0 Å². The molecule has 0 atom stereocenters. The van der Waals surface area contributed by atoms with Crippen LogP contribution in [0, 0.1) is 6.92 Å². The maximum atomic E-state index is 11.9. The number of aromatic nitrogens is 1. The smallest absolute Gasteiger partial charge is 0.343 e. The fourth-order valence-corrected chi connectivity index (χ4v) is 2.00. The summed E-state index contributed by atoms with van der Waals surface area (Å²) in [6.07, 6.45) is 0. The van der Waals surface area contributed by atoms with Gasteiger partial charge < -0.3 is 9.73 Å². The quantitative estimate of drug-likeness (QED) is 0.900. The van der Waals surface area contributed by atoms with Crippen LogP contribution in [0.1, 0.15) is 26.3 Å². The highest BCUT2D eigenvalue weighted by Gasteiger charge is 2.16. The highest BCUT2D eigenvalue weighted by molar-refractivity contribution is 9.10. The van der Waals surface area contributed by atoms with Crippen molar-refractivity contribution in [3.05, 3.63) is 44.7 Å². The number of hydrogen-bond acceptors (Lipinski definition) is 4. The molecular formula is C15H17BrN2O2. The maximum Gasteiger partial charge on any atom is 0.343 e. The van der Waals surface area contributed by atoms with Crippen LogP contribution in [0.3, 0.4) is 0 Å². The van der Waals surface area contributed by atoms with E-state index in [1.54, 1.807) is 6.92 Å². The lowest BCUT2D eigenvalue weighted by atomic mass is 10.1. The third-order valence-corrected chi connectivity index (χ3v) is 3.19. The molecule has 0 unspecified atom stereocenters. The fourth-order valence-electron chi connectivity index (χ4n) is 1.73. The van der Waals surface area contributed by atoms with E-state index in [0.717, 1.165) is 10.0 Å². The van der Waals surface area contributed by atoms with Crippen molar-refractivity contribution in [1.29, 1.82) is 0 Å². The summed E-state index contributed by atoms with van der Waals surface area (Å²) in [7, 11) is 0. The van der Waals surface area contributed by atoms with Gasteiger partial charge in [0, 0.05) is 15.6 Å². The second-order valence-electron chi connectivity index (χ2n) is 5.66. The van der Waals surface area contributed by atoms with Gasteiger partial charge in [-0.25, -0.2) is 4.79 Å². The predicted octanol–water partition coefficient (Wildman–Crippen LogP) is 3.98. The van der Waals surface area contributed by atoms with Gasteiger partial charge in [-0.15, -0.1) is 0 Å². The van der Waals surface area contributed by atoms with Crippen molar-refractivity contribution in [2.45, 2.75) is 33.2 Å². The highest BCUT2D eigenvalue weighted by atomic mass is 79.9. The van der Waals surface area contributed by atoms with Crippen LogP contribution in [0.15, 0.2) is 37.9 Å². The molecule has 2 aromatic rings. The van der Waals surface area contributed by atoms with Crippen LogP contribution in [-0.4, -0.2) is 10.5 Å². The SMILES string of the molecule is Cc1c(-c2ccc(Br)cc2)nc(NC(C)(C)C)oc1=O. The number of anilines is 1. The molecule has 1 heterocycles. The van der Waals surface area contributed by atoms with Crippen LogP contribution >= 0.6 is 15.9 Å². The second-order valence-corrected chi connectivity index (χ2v) is 6.58. The first kappa shape index (κ1) is 14.8. The van der Waals surface area contributed by atoms with E-state index in [0.29, 0.717) is 11.3 Å². The molecule has 0 aliphatic heterocycles. The average molecular weight is 337 g/mol. The third-order valence-electron chi connectivity index (χ3n) is 2.66. The number of hydrogen-bond donors (Lipinski definition) is 1. The Morgan fingerprint density at radius 3 is 2.35 bits per heavy atom. The van der Waals surface area contributed by atoms with E-state index in [-0.39, 0.29) is 17.2 Å². The molecule has 4 nitrogen and oxygen atoms in total. The molecule has 0 radical (unpaired) electrons. The van der Waals surface area contributed by atoms with E-state index in [1.165, 1.54) is 0 Å². The minimum Gasteiger partial charge on any atom is -0.389 e. The summed E-state index contributed by atoms with van der Waals surface area (Å²) in [6, 6.07) is 7.91. The van der Waals surface area contributed by atoms with Crippen molar-refractivity contribution in [2.24, 2.45) is 0 Å². The molecule has 0 bridgehead atoms. The molecule has 0 saturated carbocycles. The van der Waals surface area contributed by atoms with E-state index in [1.807, 2.05) is 45.0 Å². The molecule has 1 aromatic carbocycles. The van der Waals surface area contributed by atoms with E-state index in [9.17, 15) is 4.79 Å². The van der Waals surface area contributed by atoms with Gasteiger partial charge in [0.15, 0.2) is 0 Å². The van der Waals surface area contributed by atoms with Crippen molar-refractivity contribution >= 4 is 21.9 Å². The molecular weight excluding hydrogens is 320 g/mol. The monoisotopic (exact) mass is 336 g/mol. The Labute approximate surface area is 126 Å². The Bertz CT molecular complexity index is 670.